The van der Waals surface area contributed by atoms with Crippen LogP contribution in [-0.2, 0) is 13.0 Å². The van der Waals surface area contributed by atoms with Crippen molar-refractivity contribution in [3.05, 3.63) is 46.0 Å². The van der Waals surface area contributed by atoms with Gasteiger partial charge in [0.05, 0.1) is 12.9 Å². The molecular formula is C15H15Cl2N5. The Balaban J connectivity index is 2.06. The summed E-state index contributed by atoms with van der Waals surface area (Å²) in [6.45, 7) is 2.55. The maximum atomic E-state index is 6.24. The summed E-state index contributed by atoms with van der Waals surface area (Å²) in [5.41, 5.74) is 7.35. The molecule has 7 heteroatoms. The third kappa shape index (κ3) is 2.74. The number of halogens is 2. The molecule has 2 aliphatic rings. The van der Waals surface area contributed by atoms with E-state index in [-0.39, 0.29) is 0 Å². The van der Waals surface area contributed by atoms with Crippen LogP contribution in [0.5, 0.6) is 0 Å². The fourth-order valence-electron chi connectivity index (χ4n) is 2.30. The lowest BCUT2D eigenvalue weighted by Gasteiger charge is -2.13. The topological polar surface area (TPSA) is 69.6 Å². The third-order valence-electron chi connectivity index (χ3n) is 3.40. The van der Waals surface area contributed by atoms with E-state index in [2.05, 4.69) is 21.9 Å². The molecule has 0 radical (unpaired) electrons. The molecule has 1 aromatic rings. The summed E-state index contributed by atoms with van der Waals surface area (Å²) >= 11 is 12.5. The van der Waals surface area contributed by atoms with E-state index in [0.717, 1.165) is 24.2 Å². The predicted octanol–water partition coefficient (Wildman–Crippen LogP) is 3.67. The van der Waals surface area contributed by atoms with Gasteiger partial charge in [-0.05, 0) is 18.6 Å². The van der Waals surface area contributed by atoms with Crippen LogP contribution in [0.3, 0.4) is 0 Å². The highest BCUT2D eigenvalue weighted by Gasteiger charge is 2.19. The average molecular weight is 336 g/mol. The molecular weight excluding hydrogens is 321 g/mol. The SMILES string of the molecule is CCCc1nc2c(N)ncn(Cc3c(Cl)cccc3Cl)c-2n1. The van der Waals surface area contributed by atoms with E-state index in [1.54, 1.807) is 6.33 Å². The van der Waals surface area contributed by atoms with Crippen molar-refractivity contribution in [2.75, 3.05) is 5.73 Å². The van der Waals surface area contributed by atoms with Gasteiger partial charge in [-0.25, -0.2) is 15.0 Å². The highest BCUT2D eigenvalue weighted by molar-refractivity contribution is 6.35. The number of fused-ring (bicyclic) bond motifs is 1. The minimum atomic E-state index is 0.381. The molecule has 0 unspecified atom stereocenters. The summed E-state index contributed by atoms with van der Waals surface area (Å²) in [6.07, 6.45) is 3.42. The molecule has 2 N–H and O–H groups in total. The van der Waals surface area contributed by atoms with Gasteiger partial charge in [-0.15, -0.1) is 0 Å². The molecule has 5 nitrogen and oxygen atoms in total. The Kier molecular flexibility index (Phi) is 4.18. The third-order valence-corrected chi connectivity index (χ3v) is 4.11. The quantitative estimate of drug-likeness (QED) is 0.789. The Hall–Kier alpha value is -1.85. The van der Waals surface area contributed by atoms with Gasteiger partial charge in [-0.3, -0.25) is 0 Å². The number of rotatable bonds is 4. The number of benzene rings is 1. The zero-order valence-corrected chi connectivity index (χ0v) is 13.6. The van der Waals surface area contributed by atoms with Gasteiger partial charge in [0, 0.05) is 22.0 Å². The van der Waals surface area contributed by atoms with Crippen molar-refractivity contribution in [3.8, 4) is 11.5 Å². The van der Waals surface area contributed by atoms with Crippen molar-refractivity contribution >= 4 is 29.0 Å². The highest BCUT2D eigenvalue weighted by Crippen LogP contribution is 2.29. The lowest BCUT2D eigenvalue weighted by molar-refractivity contribution is 0.759. The van der Waals surface area contributed by atoms with Crippen molar-refractivity contribution in [1.29, 1.82) is 0 Å². The van der Waals surface area contributed by atoms with Crippen LogP contribution < -0.4 is 5.73 Å². The van der Waals surface area contributed by atoms with E-state index in [1.807, 2.05) is 22.8 Å². The molecule has 0 amide bonds. The van der Waals surface area contributed by atoms with Crippen molar-refractivity contribution in [2.45, 2.75) is 26.3 Å². The Labute approximate surface area is 138 Å². The molecule has 0 saturated heterocycles. The Bertz CT molecular complexity index is 764. The Morgan fingerprint density at radius 3 is 2.59 bits per heavy atom. The smallest absolute Gasteiger partial charge is 0.166 e. The van der Waals surface area contributed by atoms with Crippen LogP contribution in [-0.4, -0.2) is 19.5 Å². The lowest BCUT2D eigenvalue weighted by Crippen LogP contribution is -2.09. The second-order valence-electron chi connectivity index (χ2n) is 5.02. The number of aryl methyl sites for hydroxylation is 1. The minimum Gasteiger partial charge on any atom is -0.382 e. The maximum absolute atomic E-state index is 6.24. The largest absolute Gasteiger partial charge is 0.382 e. The molecule has 2 heterocycles. The van der Waals surface area contributed by atoms with Crippen molar-refractivity contribution in [3.63, 3.8) is 0 Å². The summed E-state index contributed by atoms with van der Waals surface area (Å²) in [7, 11) is 0. The van der Waals surface area contributed by atoms with Crippen LogP contribution in [0.4, 0.5) is 5.82 Å². The van der Waals surface area contributed by atoms with E-state index in [0.29, 0.717) is 33.9 Å². The normalized spacial score (nSPS) is 11.2. The first-order valence-electron chi connectivity index (χ1n) is 7.00. The molecule has 114 valence electrons. The van der Waals surface area contributed by atoms with E-state index in [9.17, 15) is 0 Å². The Morgan fingerprint density at radius 2 is 1.91 bits per heavy atom. The summed E-state index contributed by atoms with van der Waals surface area (Å²) in [5.74, 6) is 1.86. The molecule has 0 saturated carbocycles. The zero-order chi connectivity index (χ0) is 15.7. The first-order chi connectivity index (χ1) is 10.6. The molecule has 2 aliphatic heterocycles. The Morgan fingerprint density at radius 1 is 1.18 bits per heavy atom. The summed E-state index contributed by atoms with van der Waals surface area (Å²) in [4.78, 5) is 13.2. The molecule has 0 fully saturated rings. The van der Waals surface area contributed by atoms with E-state index in [4.69, 9.17) is 28.9 Å². The van der Waals surface area contributed by atoms with Gasteiger partial charge in [-0.1, -0.05) is 36.2 Å². The van der Waals surface area contributed by atoms with Crippen LogP contribution >= 0.6 is 23.2 Å². The van der Waals surface area contributed by atoms with Crippen molar-refractivity contribution in [2.24, 2.45) is 0 Å². The van der Waals surface area contributed by atoms with Crippen LogP contribution in [0.25, 0.3) is 11.5 Å². The van der Waals surface area contributed by atoms with Gasteiger partial charge in [-0.2, -0.15) is 0 Å². The fraction of sp³-hybridized carbons (Fsp3) is 0.267. The lowest BCUT2D eigenvalue weighted by atomic mass is 10.2. The molecule has 3 rings (SSSR count). The van der Waals surface area contributed by atoms with E-state index >= 15 is 0 Å². The number of nitrogens with two attached hydrogens (primary N) is 1. The van der Waals surface area contributed by atoms with Crippen molar-refractivity contribution in [1.82, 2.24) is 19.5 Å². The van der Waals surface area contributed by atoms with Gasteiger partial charge in [0.1, 0.15) is 5.82 Å². The van der Waals surface area contributed by atoms with Crippen LogP contribution in [0, 0.1) is 0 Å². The molecule has 1 aromatic carbocycles. The molecule has 0 bridgehead atoms. The summed E-state index contributed by atoms with van der Waals surface area (Å²) < 4.78 is 1.87. The first kappa shape index (κ1) is 15.1. The second-order valence-corrected chi connectivity index (χ2v) is 5.83. The van der Waals surface area contributed by atoms with Crippen LogP contribution in [0.15, 0.2) is 24.5 Å². The first-order valence-corrected chi connectivity index (χ1v) is 7.76. The molecule has 22 heavy (non-hydrogen) atoms. The highest BCUT2D eigenvalue weighted by atomic mass is 35.5. The van der Waals surface area contributed by atoms with E-state index in [1.165, 1.54) is 0 Å². The molecule has 0 aliphatic carbocycles. The molecule has 0 spiro atoms. The number of anilines is 1. The number of nitrogens with zero attached hydrogens (tertiary/aromatic N) is 4. The van der Waals surface area contributed by atoms with Crippen LogP contribution in [0.1, 0.15) is 24.7 Å². The summed E-state index contributed by atoms with van der Waals surface area (Å²) in [6, 6.07) is 5.44. The standard InChI is InChI=1S/C15H15Cl2N5/c1-2-4-12-20-13-14(18)19-8-22(15(13)21-12)7-9-10(16)5-3-6-11(9)17/h3,5-6,8H,2,4,7,18H2,1H3. The second kappa shape index (κ2) is 6.10. The van der Waals surface area contributed by atoms with Crippen LogP contribution in [0.2, 0.25) is 10.0 Å². The number of nitrogen functional groups attached to an aromatic ring is 1. The maximum Gasteiger partial charge on any atom is 0.166 e. The van der Waals surface area contributed by atoms with E-state index < -0.39 is 0 Å². The average Bonchev–Trinajstić information content (AvgIpc) is 2.90. The van der Waals surface area contributed by atoms with Gasteiger partial charge < -0.3 is 10.3 Å². The summed E-state index contributed by atoms with van der Waals surface area (Å²) in [5, 5.41) is 1.22. The van der Waals surface area contributed by atoms with Gasteiger partial charge in [0.25, 0.3) is 0 Å². The van der Waals surface area contributed by atoms with Gasteiger partial charge in [0.2, 0.25) is 0 Å². The number of imidazole rings is 1. The number of hydrogen-bond donors (Lipinski definition) is 1. The monoisotopic (exact) mass is 335 g/mol. The van der Waals surface area contributed by atoms with Crippen molar-refractivity contribution < 1.29 is 0 Å². The van der Waals surface area contributed by atoms with Gasteiger partial charge in [0.15, 0.2) is 17.3 Å². The number of hydrogen-bond acceptors (Lipinski definition) is 4. The molecule has 0 atom stereocenters. The minimum absolute atomic E-state index is 0.381. The zero-order valence-electron chi connectivity index (χ0n) is 12.1. The molecule has 0 aromatic heterocycles. The predicted molar refractivity (Wildman–Crippen MR) is 88.4 cm³/mol. The number of aromatic nitrogens is 4. The fourth-order valence-corrected chi connectivity index (χ4v) is 2.82. The van der Waals surface area contributed by atoms with Gasteiger partial charge >= 0.3 is 0 Å².